The van der Waals surface area contributed by atoms with Gasteiger partial charge in [-0.25, -0.2) is 4.79 Å². The van der Waals surface area contributed by atoms with Crippen LogP contribution >= 0.6 is 11.6 Å². The summed E-state index contributed by atoms with van der Waals surface area (Å²) in [5, 5.41) is 5.11. The Bertz CT molecular complexity index is 801. The number of halogens is 4. The van der Waals surface area contributed by atoms with Gasteiger partial charge >= 0.3 is 12.1 Å². The first kappa shape index (κ1) is 18.8. The van der Waals surface area contributed by atoms with E-state index in [0.29, 0.717) is 4.68 Å². The molecule has 2 aromatic rings. The molecule has 0 unspecified atom stereocenters. The molecule has 1 aromatic heterocycles. The van der Waals surface area contributed by atoms with Crippen LogP contribution in [0.5, 0.6) is 0 Å². The quantitative estimate of drug-likeness (QED) is 0.830. The van der Waals surface area contributed by atoms with Crippen LogP contribution in [0.1, 0.15) is 33.5 Å². The number of rotatable bonds is 4. The number of carbonyl (C=O) groups is 2. The topological polar surface area (TPSA) is 73.2 Å². The minimum atomic E-state index is -4.74. The van der Waals surface area contributed by atoms with E-state index in [0.717, 1.165) is 7.05 Å². The summed E-state index contributed by atoms with van der Waals surface area (Å²) >= 11 is 5.65. The van der Waals surface area contributed by atoms with Gasteiger partial charge in [0, 0.05) is 12.7 Å². The summed E-state index contributed by atoms with van der Waals surface area (Å²) in [5.74, 6) is -1.43. The van der Waals surface area contributed by atoms with Crippen molar-refractivity contribution in [3.63, 3.8) is 0 Å². The summed E-state index contributed by atoms with van der Waals surface area (Å²) in [6.45, 7) is 1.88. The van der Waals surface area contributed by atoms with Crippen LogP contribution in [0.25, 0.3) is 0 Å². The zero-order valence-corrected chi connectivity index (χ0v) is 13.9. The Balaban J connectivity index is 2.19. The highest BCUT2D eigenvalue weighted by Gasteiger charge is 2.40. The average Bonchev–Trinajstić information content (AvgIpc) is 2.83. The third-order valence-electron chi connectivity index (χ3n) is 3.13. The molecule has 0 fully saturated rings. The molecular formula is C15H13ClF3N3O3. The molecule has 0 spiro atoms. The highest BCUT2D eigenvalue weighted by Crippen LogP contribution is 2.36. The Morgan fingerprint density at radius 1 is 1.28 bits per heavy atom. The van der Waals surface area contributed by atoms with Crippen molar-refractivity contribution in [2.45, 2.75) is 13.1 Å². The molecule has 0 saturated heterocycles. The van der Waals surface area contributed by atoms with E-state index in [1.54, 1.807) is 6.92 Å². The number of esters is 1. The Hall–Kier alpha value is -2.55. The first-order chi connectivity index (χ1) is 11.6. The van der Waals surface area contributed by atoms with Crippen molar-refractivity contribution in [1.82, 2.24) is 9.78 Å². The van der Waals surface area contributed by atoms with Gasteiger partial charge in [0.2, 0.25) is 0 Å². The zero-order chi connectivity index (χ0) is 18.8. The molecule has 25 heavy (non-hydrogen) atoms. The highest BCUT2D eigenvalue weighted by atomic mass is 35.5. The molecule has 0 bridgehead atoms. The van der Waals surface area contributed by atoms with Gasteiger partial charge in [-0.05, 0) is 31.2 Å². The Kier molecular flexibility index (Phi) is 5.36. The first-order valence-corrected chi connectivity index (χ1v) is 7.41. The second kappa shape index (κ2) is 7.14. The van der Waals surface area contributed by atoms with Crippen LogP contribution in [0, 0.1) is 0 Å². The lowest BCUT2D eigenvalue weighted by Gasteiger charge is -2.06. The average molecular weight is 376 g/mol. The predicted molar refractivity (Wildman–Crippen MR) is 83.6 cm³/mol. The number of aromatic nitrogens is 2. The van der Waals surface area contributed by atoms with Gasteiger partial charge in [-0.1, -0.05) is 11.6 Å². The summed E-state index contributed by atoms with van der Waals surface area (Å²) in [6.07, 6.45) is -4.74. The molecule has 0 aliphatic rings. The van der Waals surface area contributed by atoms with E-state index in [2.05, 4.69) is 10.4 Å². The van der Waals surface area contributed by atoms with Crippen LogP contribution in [0.15, 0.2) is 24.3 Å². The van der Waals surface area contributed by atoms with E-state index < -0.39 is 34.5 Å². The normalized spacial score (nSPS) is 11.3. The summed E-state index contributed by atoms with van der Waals surface area (Å²) in [5.41, 5.74) is -1.23. The third-order valence-corrected chi connectivity index (χ3v) is 3.48. The number of hydrogen-bond donors (Lipinski definition) is 1. The summed E-state index contributed by atoms with van der Waals surface area (Å²) in [7, 11) is 1.04. The Morgan fingerprint density at radius 3 is 2.36 bits per heavy atom. The Labute approximate surface area is 145 Å². The van der Waals surface area contributed by atoms with Crippen molar-refractivity contribution in [1.29, 1.82) is 0 Å². The molecule has 1 heterocycles. The Morgan fingerprint density at radius 2 is 1.88 bits per heavy atom. The lowest BCUT2D eigenvalue weighted by molar-refractivity contribution is -0.143. The summed E-state index contributed by atoms with van der Waals surface area (Å²) in [4.78, 5) is 23.7. The number of nitrogens with zero attached hydrogens (tertiary/aromatic N) is 2. The van der Waals surface area contributed by atoms with Crippen molar-refractivity contribution < 1.29 is 27.5 Å². The molecule has 6 nitrogen and oxygen atoms in total. The minimum absolute atomic E-state index is 0.219. The maximum absolute atomic E-state index is 12.9. The van der Waals surface area contributed by atoms with E-state index >= 15 is 0 Å². The molecule has 0 aliphatic carbocycles. The van der Waals surface area contributed by atoms with E-state index in [4.69, 9.17) is 16.3 Å². The fraction of sp³-hybridized carbons (Fsp3) is 0.267. The van der Waals surface area contributed by atoms with Gasteiger partial charge in [0.25, 0.3) is 5.91 Å². The fourth-order valence-electron chi connectivity index (χ4n) is 2.05. The van der Waals surface area contributed by atoms with Gasteiger partial charge in [0.05, 0.1) is 12.2 Å². The molecule has 0 aliphatic heterocycles. The van der Waals surface area contributed by atoms with Crippen LogP contribution in [-0.4, -0.2) is 28.3 Å². The van der Waals surface area contributed by atoms with Crippen molar-refractivity contribution in [3.8, 4) is 0 Å². The number of anilines is 1. The largest absolute Gasteiger partial charge is 0.462 e. The van der Waals surface area contributed by atoms with Gasteiger partial charge in [-0.15, -0.1) is 0 Å². The molecule has 0 atom stereocenters. The number of hydrogen-bond acceptors (Lipinski definition) is 4. The molecular weight excluding hydrogens is 363 g/mol. The lowest BCUT2D eigenvalue weighted by atomic mass is 10.2. The number of ether oxygens (including phenoxy) is 1. The van der Waals surface area contributed by atoms with Crippen LogP contribution < -0.4 is 5.32 Å². The van der Waals surface area contributed by atoms with Gasteiger partial charge < -0.3 is 10.1 Å². The maximum atomic E-state index is 12.9. The van der Waals surface area contributed by atoms with Crippen LogP contribution in [0.2, 0.25) is 5.02 Å². The van der Waals surface area contributed by atoms with E-state index in [9.17, 15) is 22.8 Å². The fourth-order valence-corrected chi connectivity index (χ4v) is 2.40. The van der Waals surface area contributed by atoms with Crippen molar-refractivity contribution in [3.05, 3.63) is 46.2 Å². The van der Waals surface area contributed by atoms with Crippen LogP contribution in [0.4, 0.5) is 18.9 Å². The number of nitrogens with one attached hydrogen (secondary N) is 1. The lowest BCUT2D eigenvalue weighted by Crippen LogP contribution is -2.13. The molecule has 1 amide bonds. The SMILES string of the molecule is CCOC(=O)c1ccc(NC(=O)c2nn(C)c(C(F)(F)F)c2Cl)cc1. The number of alkyl halides is 3. The molecule has 1 N–H and O–H groups in total. The van der Waals surface area contributed by atoms with Gasteiger partial charge in [0.15, 0.2) is 11.4 Å². The van der Waals surface area contributed by atoms with Crippen molar-refractivity contribution in [2.24, 2.45) is 7.05 Å². The highest BCUT2D eigenvalue weighted by molar-refractivity contribution is 6.34. The molecule has 0 saturated carbocycles. The molecule has 10 heteroatoms. The molecule has 0 radical (unpaired) electrons. The van der Waals surface area contributed by atoms with Crippen LogP contribution in [0.3, 0.4) is 0 Å². The van der Waals surface area contributed by atoms with E-state index in [1.807, 2.05) is 0 Å². The third kappa shape index (κ3) is 4.11. The molecule has 2 rings (SSSR count). The van der Waals surface area contributed by atoms with E-state index in [-0.39, 0.29) is 17.9 Å². The standard InChI is InChI=1S/C15H13ClF3N3O3/c1-3-25-14(24)8-4-6-9(7-5-8)20-13(23)11-10(16)12(15(17,18)19)22(2)21-11/h4-7H,3H2,1-2H3,(H,20,23). The van der Waals surface area contributed by atoms with Gasteiger partial charge in [-0.2, -0.15) is 18.3 Å². The van der Waals surface area contributed by atoms with E-state index in [1.165, 1.54) is 24.3 Å². The van der Waals surface area contributed by atoms with Gasteiger partial charge in [0.1, 0.15) is 5.02 Å². The summed E-state index contributed by atoms with van der Waals surface area (Å²) < 4.78 is 43.9. The number of carbonyl (C=O) groups excluding carboxylic acids is 2. The second-order valence-electron chi connectivity index (χ2n) is 4.88. The van der Waals surface area contributed by atoms with Gasteiger partial charge in [-0.3, -0.25) is 9.48 Å². The summed E-state index contributed by atoms with van der Waals surface area (Å²) in [6, 6.07) is 5.64. The second-order valence-corrected chi connectivity index (χ2v) is 5.26. The number of benzene rings is 1. The number of aryl methyl sites for hydroxylation is 1. The molecule has 134 valence electrons. The monoisotopic (exact) mass is 375 g/mol. The predicted octanol–water partition coefficient (Wildman–Crippen LogP) is 3.52. The smallest absolute Gasteiger partial charge is 0.434 e. The molecule has 1 aromatic carbocycles. The van der Waals surface area contributed by atoms with Crippen LogP contribution in [-0.2, 0) is 18.0 Å². The first-order valence-electron chi connectivity index (χ1n) is 7.03. The minimum Gasteiger partial charge on any atom is -0.462 e. The zero-order valence-electron chi connectivity index (χ0n) is 13.1. The number of amides is 1. The van der Waals surface area contributed by atoms with Crippen molar-refractivity contribution in [2.75, 3.05) is 11.9 Å². The maximum Gasteiger partial charge on any atom is 0.434 e. The van der Waals surface area contributed by atoms with Crippen molar-refractivity contribution >= 4 is 29.2 Å².